The van der Waals surface area contributed by atoms with Gasteiger partial charge in [0.1, 0.15) is 0 Å². The van der Waals surface area contributed by atoms with Gasteiger partial charge in [0.2, 0.25) is 5.56 Å². The normalized spacial score (nSPS) is 10.4. The maximum atomic E-state index is 10.9. The summed E-state index contributed by atoms with van der Waals surface area (Å²) < 4.78 is 0.934. The summed E-state index contributed by atoms with van der Waals surface area (Å²) in [6.45, 7) is 0. The molecular weight excluding hydrogens is 220 g/mol. The van der Waals surface area contributed by atoms with Gasteiger partial charge < -0.3 is 4.98 Å². The van der Waals surface area contributed by atoms with Crippen molar-refractivity contribution in [1.82, 2.24) is 9.97 Å². The minimum atomic E-state index is -0.131. The first-order chi connectivity index (χ1) is 5.77. The second-order valence-electron chi connectivity index (χ2n) is 2.39. The molecular formula is C8H5BrN2O. The van der Waals surface area contributed by atoms with Crippen LogP contribution in [-0.4, -0.2) is 9.97 Å². The molecule has 2 aromatic heterocycles. The van der Waals surface area contributed by atoms with E-state index >= 15 is 0 Å². The predicted octanol–water partition coefficient (Wildman–Crippen LogP) is 1.69. The number of H-pyrrole nitrogens is 1. The Balaban J connectivity index is 2.96. The number of aromatic amines is 1. The SMILES string of the molecule is O=c1cc2nccc(Br)c2c[nH]1. The summed E-state index contributed by atoms with van der Waals surface area (Å²) in [5.41, 5.74) is 0.571. The molecule has 0 aliphatic carbocycles. The second kappa shape index (κ2) is 2.71. The van der Waals surface area contributed by atoms with Gasteiger partial charge in [0.15, 0.2) is 0 Å². The molecule has 3 nitrogen and oxygen atoms in total. The van der Waals surface area contributed by atoms with Gasteiger partial charge in [-0.3, -0.25) is 9.78 Å². The lowest BCUT2D eigenvalue weighted by atomic mass is 10.3. The molecule has 0 aliphatic rings. The fraction of sp³-hybridized carbons (Fsp3) is 0. The number of hydrogen-bond donors (Lipinski definition) is 1. The van der Waals surface area contributed by atoms with E-state index in [4.69, 9.17) is 0 Å². The van der Waals surface area contributed by atoms with E-state index in [1.54, 1.807) is 12.4 Å². The van der Waals surface area contributed by atoms with Crippen LogP contribution in [0.1, 0.15) is 0 Å². The Morgan fingerprint density at radius 3 is 3.17 bits per heavy atom. The van der Waals surface area contributed by atoms with E-state index in [-0.39, 0.29) is 5.56 Å². The Bertz CT molecular complexity index is 478. The van der Waals surface area contributed by atoms with Crippen LogP contribution in [0.4, 0.5) is 0 Å². The average molecular weight is 225 g/mol. The van der Waals surface area contributed by atoms with Gasteiger partial charge in [0.05, 0.1) is 5.52 Å². The molecule has 2 rings (SSSR count). The predicted molar refractivity (Wildman–Crippen MR) is 50.1 cm³/mol. The molecule has 0 aromatic carbocycles. The van der Waals surface area contributed by atoms with Gasteiger partial charge in [-0.1, -0.05) is 0 Å². The van der Waals surface area contributed by atoms with E-state index in [1.807, 2.05) is 6.07 Å². The maximum absolute atomic E-state index is 10.9. The summed E-state index contributed by atoms with van der Waals surface area (Å²) >= 11 is 3.36. The molecule has 0 bridgehead atoms. The van der Waals surface area contributed by atoms with E-state index in [0.29, 0.717) is 5.52 Å². The third-order valence-corrected chi connectivity index (χ3v) is 2.29. The van der Waals surface area contributed by atoms with Gasteiger partial charge in [-0.05, 0) is 22.0 Å². The van der Waals surface area contributed by atoms with Crippen LogP contribution in [0.15, 0.2) is 33.8 Å². The second-order valence-corrected chi connectivity index (χ2v) is 3.24. The summed E-state index contributed by atoms with van der Waals surface area (Å²) in [6.07, 6.45) is 3.31. The Morgan fingerprint density at radius 2 is 2.33 bits per heavy atom. The van der Waals surface area contributed by atoms with E-state index in [2.05, 4.69) is 25.9 Å². The molecule has 0 atom stereocenters. The van der Waals surface area contributed by atoms with Crippen LogP contribution in [0.2, 0.25) is 0 Å². The Kier molecular flexibility index (Phi) is 1.69. The molecule has 0 aliphatic heterocycles. The van der Waals surface area contributed by atoms with Crippen LogP contribution in [0.5, 0.6) is 0 Å². The van der Waals surface area contributed by atoms with E-state index in [1.165, 1.54) is 6.07 Å². The van der Waals surface area contributed by atoms with Gasteiger partial charge in [0, 0.05) is 28.3 Å². The minimum absolute atomic E-state index is 0.131. The summed E-state index contributed by atoms with van der Waals surface area (Å²) in [6, 6.07) is 3.31. The highest BCUT2D eigenvalue weighted by Crippen LogP contribution is 2.18. The zero-order valence-electron chi connectivity index (χ0n) is 6.04. The first-order valence-electron chi connectivity index (χ1n) is 3.40. The van der Waals surface area contributed by atoms with Gasteiger partial charge in [0.25, 0.3) is 0 Å². The van der Waals surface area contributed by atoms with E-state index < -0.39 is 0 Å². The van der Waals surface area contributed by atoms with Crippen molar-refractivity contribution in [3.63, 3.8) is 0 Å². The van der Waals surface area contributed by atoms with Crippen LogP contribution < -0.4 is 5.56 Å². The quantitative estimate of drug-likeness (QED) is 0.741. The van der Waals surface area contributed by atoms with Crippen molar-refractivity contribution >= 4 is 26.8 Å². The lowest BCUT2D eigenvalue weighted by Crippen LogP contribution is -2.02. The van der Waals surface area contributed by atoms with Crippen molar-refractivity contribution in [2.24, 2.45) is 0 Å². The number of aromatic nitrogens is 2. The highest BCUT2D eigenvalue weighted by molar-refractivity contribution is 9.10. The Morgan fingerprint density at radius 1 is 1.50 bits per heavy atom. The number of hydrogen-bond acceptors (Lipinski definition) is 2. The van der Waals surface area contributed by atoms with Gasteiger partial charge >= 0.3 is 0 Å². The summed E-state index contributed by atoms with van der Waals surface area (Å²) in [7, 11) is 0. The lowest BCUT2D eigenvalue weighted by molar-refractivity contribution is 1.24. The van der Waals surface area contributed by atoms with Gasteiger partial charge in [-0.15, -0.1) is 0 Å². The average Bonchev–Trinajstić information content (AvgIpc) is 2.04. The number of nitrogens with one attached hydrogen (secondary N) is 1. The fourth-order valence-electron chi connectivity index (χ4n) is 1.03. The number of fused-ring (bicyclic) bond motifs is 1. The standard InChI is InChI=1S/C8H5BrN2O/c9-6-1-2-10-7-3-8(12)11-4-5(6)7/h1-4H,(H,11,12). The topological polar surface area (TPSA) is 45.8 Å². The molecule has 0 unspecified atom stereocenters. The summed E-state index contributed by atoms with van der Waals surface area (Å²) in [5.74, 6) is 0. The summed E-state index contributed by atoms with van der Waals surface area (Å²) in [4.78, 5) is 17.5. The highest BCUT2D eigenvalue weighted by Gasteiger charge is 1.97. The largest absolute Gasteiger partial charge is 0.328 e. The zero-order chi connectivity index (χ0) is 8.55. The molecule has 12 heavy (non-hydrogen) atoms. The van der Waals surface area contributed by atoms with Crippen LogP contribution in [0.25, 0.3) is 10.9 Å². The highest BCUT2D eigenvalue weighted by atomic mass is 79.9. The van der Waals surface area contributed by atoms with Crippen molar-refractivity contribution in [3.05, 3.63) is 39.4 Å². The van der Waals surface area contributed by atoms with Gasteiger partial charge in [-0.2, -0.15) is 0 Å². The first kappa shape index (κ1) is 7.49. The van der Waals surface area contributed by atoms with Crippen molar-refractivity contribution in [2.75, 3.05) is 0 Å². The number of halogens is 1. The van der Waals surface area contributed by atoms with E-state index in [9.17, 15) is 4.79 Å². The van der Waals surface area contributed by atoms with Crippen molar-refractivity contribution in [3.8, 4) is 0 Å². The summed E-state index contributed by atoms with van der Waals surface area (Å²) in [5, 5.41) is 0.914. The van der Waals surface area contributed by atoms with Crippen LogP contribution in [0, 0.1) is 0 Å². The molecule has 1 N–H and O–H groups in total. The zero-order valence-corrected chi connectivity index (χ0v) is 7.63. The van der Waals surface area contributed by atoms with Crippen molar-refractivity contribution in [2.45, 2.75) is 0 Å². The molecule has 2 aromatic rings. The molecule has 0 amide bonds. The Labute approximate surface area is 76.6 Å². The maximum Gasteiger partial charge on any atom is 0.250 e. The molecule has 0 radical (unpaired) electrons. The third-order valence-electron chi connectivity index (χ3n) is 1.59. The fourth-order valence-corrected chi connectivity index (χ4v) is 1.47. The van der Waals surface area contributed by atoms with Crippen LogP contribution in [0.3, 0.4) is 0 Å². The van der Waals surface area contributed by atoms with Crippen molar-refractivity contribution in [1.29, 1.82) is 0 Å². The number of rotatable bonds is 0. The lowest BCUT2D eigenvalue weighted by Gasteiger charge is -1.96. The minimum Gasteiger partial charge on any atom is -0.328 e. The van der Waals surface area contributed by atoms with Gasteiger partial charge in [-0.25, -0.2) is 0 Å². The van der Waals surface area contributed by atoms with Crippen LogP contribution >= 0.6 is 15.9 Å². The van der Waals surface area contributed by atoms with E-state index in [0.717, 1.165) is 9.86 Å². The molecule has 0 saturated heterocycles. The molecule has 0 spiro atoms. The molecule has 4 heteroatoms. The first-order valence-corrected chi connectivity index (χ1v) is 4.19. The third kappa shape index (κ3) is 1.14. The molecule has 60 valence electrons. The monoisotopic (exact) mass is 224 g/mol. The Hall–Kier alpha value is -1.16. The van der Waals surface area contributed by atoms with Crippen LogP contribution in [-0.2, 0) is 0 Å². The smallest absolute Gasteiger partial charge is 0.250 e. The molecule has 0 fully saturated rings. The van der Waals surface area contributed by atoms with Crippen molar-refractivity contribution < 1.29 is 0 Å². The molecule has 0 saturated carbocycles. The number of nitrogens with zero attached hydrogens (tertiary/aromatic N) is 1. The number of pyridine rings is 2. The molecule has 2 heterocycles.